The number of phenols is 1. The van der Waals surface area contributed by atoms with E-state index < -0.39 is 12.1 Å². The van der Waals surface area contributed by atoms with Gasteiger partial charge in [-0.3, -0.25) is 5.32 Å². The molecule has 1 aliphatic heterocycles. The molecule has 0 aromatic heterocycles. The molecule has 2 atom stereocenters. The standard InChI is InChI=1S/C14H19NO4/c1-8(2)7-19-14(18)13-10-4-3-9(16)5-11(10)12(17)6-15-13/h3-5,8,12-13,15-17H,6-7H2,1-2H3/t12-,13-/m1/s1. The molecule has 0 fully saturated rings. The van der Waals surface area contributed by atoms with Crippen LogP contribution in [0, 0.1) is 5.92 Å². The summed E-state index contributed by atoms with van der Waals surface area (Å²) in [7, 11) is 0. The van der Waals surface area contributed by atoms with E-state index in [1.54, 1.807) is 6.07 Å². The molecule has 0 amide bonds. The minimum absolute atomic E-state index is 0.0778. The normalized spacial score (nSPS) is 22.1. The first-order chi connectivity index (χ1) is 8.99. The average Bonchev–Trinajstić information content (AvgIpc) is 2.37. The van der Waals surface area contributed by atoms with Crippen molar-refractivity contribution in [3.8, 4) is 5.75 Å². The summed E-state index contributed by atoms with van der Waals surface area (Å²) >= 11 is 0. The van der Waals surface area contributed by atoms with Gasteiger partial charge in [0.25, 0.3) is 0 Å². The lowest BCUT2D eigenvalue weighted by Crippen LogP contribution is -2.38. The first kappa shape index (κ1) is 13.8. The number of aromatic hydroxyl groups is 1. The van der Waals surface area contributed by atoms with Crippen LogP contribution in [0.1, 0.15) is 37.1 Å². The van der Waals surface area contributed by atoms with Crippen molar-refractivity contribution in [1.82, 2.24) is 5.32 Å². The minimum Gasteiger partial charge on any atom is -0.508 e. The number of aliphatic hydroxyl groups is 1. The van der Waals surface area contributed by atoms with Gasteiger partial charge in [0.15, 0.2) is 0 Å². The highest BCUT2D eigenvalue weighted by Gasteiger charge is 2.31. The van der Waals surface area contributed by atoms with E-state index in [4.69, 9.17) is 4.74 Å². The third kappa shape index (κ3) is 3.05. The van der Waals surface area contributed by atoms with E-state index in [-0.39, 0.29) is 24.2 Å². The van der Waals surface area contributed by atoms with Gasteiger partial charge in [0.05, 0.1) is 12.7 Å². The minimum atomic E-state index is -0.726. The van der Waals surface area contributed by atoms with Crippen molar-refractivity contribution >= 4 is 5.97 Å². The number of ether oxygens (including phenoxy) is 1. The number of nitrogens with one attached hydrogen (secondary N) is 1. The fourth-order valence-electron chi connectivity index (χ4n) is 2.11. The topological polar surface area (TPSA) is 78.8 Å². The van der Waals surface area contributed by atoms with E-state index >= 15 is 0 Å². The van der Waals surface area contributed by atoms with Gasteiger partial charge in [-0.25, -0.2) is 4.79 Å². The molecule has 0 saturated heterocycles. The van der Waals surface area contributed by atoms with Crippen LogP contribution in [0.3, 0.4) is 0 Å². The molecule has 1 heterocycles. The van der Waals surface area contributed by atoms with E-state index in [1.807, 2.05) is 13.8 Å². The van der Waals surface area contributed by atoms with Crippen molar-refractivity contribution in [3.63, 3.8) is 0 Å². The molecule has 2 rings (SSSR count). The maximum Gasteiger partial charge on any atom is 0.327 e. The molecule has 0 radical (unpaired) electrons. The van der Waals surface area contributed by atoms with Crippen molar-refractivity contribution in [2.45, 2.75) is 26.0 Å². The van der Waals surface area contributed by atoms with E-state index in [0.717, 1.165) is 0 Å². The summed E-state index contributed by atoms with van der Waals surface area (Å²) in [5, 5.41) is 22.3. The zero-order valence-corrected chi connectivity index (χ0v) is 11.1. The second kappa shape index (κ2) is 5.59. The van der Waals surface area contributed by atoms with Gasteiger partial charge >= 0.3 is 5.97 Å². The van der Waals surface area contributed by atoms with Gasteiger partial charge in [-0.1, -0.05) is 19.9 Å². The van der Waals surface area contributed by atoms with E-state index in [2.05, 4.69) is 5.32 Å². The number of benzene rings is 1. The van der Waals surface area contributed by atoms with E-state index in [0.29, 0.717) is 17.7 Å². The van der Waals surface area contributed by atoms with Crippen molar-refractivity contribution in [1.29, 1.82) is 0 Å². The van der Waals surface area contributed by atoms with Gasteiger partial charge in [0, 0.05) is 6.54 Å². The van der Waals surface area contributed by atoms with Crippen LogP contribution in [-0.2, 0) is 9.53 Å². The van der Waals surface area contributed by atoms with Crippen LogP contribution < -0.4 is 5.32 Å². The quantitative estimate of drug-likeness (QED) is 0.717. The monoisotopic (exact) mass is 265 g/mol. The van der Waals surface area contributed by atoms with Crippen molar-refractivity contribution in [2.75, 3.05) is 13.2 Å². The molecule has 1 aromatic carbocycles. The SMILES string of the molecule is CC(C)COC(=O)[C@@H]1NC[C@@H](O)c2cc(O)ccc21. The number of carbonyl (C=O) groups excluding carboxylic acids is 1. The molecular weight excluding hydrogens is 246 g/mol. The zero-order valence-electron chi connectivity index (χ0n) is 11.1. The lowest BCUT2D eigenvalue weighted by molar-refractivity contribution is -0.147. The van der Waals surface area contributed by atoms with Crippen LogP contribution in [0.25, 0.3) is 0 Å². The van der Waals surface area contributed by atoms with Crippen LogP contribution in [0.15, 0.2) is 18.2 Å². The second-order valence-electron chi connectivity index (χ2n) is 5.19. The highest BCUT2D eigenvalue weighted by molar-refractivity contribution is 5.78. The Morgan fingerprint density at radius 1 is 1.47 bits per heavy atom. The van der Waals surface area contributed by atoms with Gasteiger partial charge < -0.3 is 14.9 Å². The summed E-state index contributed by atoms with van der Waals surface area (Å²) < 4.78 is 5.22. The first-order valence-corrected chi connectivity index (χ1v) is 6.40. The number of hydrogen-bond donors (Lipinski definition) is 3. The number of hydrogen-bond acceptors (Lipinski definition) is 5. The predicted octanol–water partition coefficient (Wildman–Crippen LogP) is 1.27. The fourth-order valence-corrected chi connectivity index (χ4v) is 2.11. The van der Waals surface area contributed by atoms with Gasteiger partial charge in [0.1, 0.15) is 11.8 Å². The van der Waals surface area contributed by atoms with Gasteiger partial charge in [-0.05, 0) is 29.2 Å². The Morgan fingerprint density at radius 2 is 2.21 bits per heavy atom. The van der Waals surface area contributed by atoms with Crippen molar-refractivity contribution in [3.05, 3.63) is 29.3 Å². The second-order valence-corrected chi connectivity index (χ2v) is 5.19. The average molecular weight is 265 g/mol. The summed E-state index contributed by atoms with van der Waals surface area (Å²) in [6.45, 7) is 4.57. The number of phenolic OH excluding ortho intramolecular Hbond substituents is 1. The summed E-state index contributed by atoms with van der Waals surface area (Å²) in [6.07, 6.45) is -0.726. The van der Waals surface area contributed by atoms with Gasteiger partial charge in [-0.2, -0.15) is 0 Å². The molecule has 5 heteroatoms. The lowest BCUT2D eigenvalue weighted by Gasteiger charge is -2.29. The van der Waals surface area contributed by atoms with Crippen LogP contribution in [0.5, 0.6) is 5.75 Å². The first-order valence-electron chi connectivity index (χ1n) is 6.40. The fraction of sp³-hybridized carbons (Fsp3) is 0.500. The molecule has 19 heavy (non-hydrogen) atoms. The number of β-amino-alcohol motifs (C(OH)–C–C–N with tert-alkyl or cyclic N) is 1. The molecule has 104 valence electrons. The smallest absolute Gasteiger partial charge is 0.327 e. The van der Waals surface area contributed by atoms with Crippen LogP contribution >= 0.6 is 0 Å². The van der Waals surface area contributed by atoms with Crippen molar-refractivity contribution in [2.24, 2.45) is 5.92 Å². The zero-order chi connectivity index (χ0) is 14.0. The Balaban J connectivity index is 2.21. The summed E-state index contributed by atoms with van der Waals surface area (Å²) in [4.78, 5) is 12.0. The Morgan fingerprint density at radius 3 is 2.89 bits per heavy atom. The van der Waals surface area contributed by atoms with E-state index in [1.165, 1.54) is 12.1 Å². The van der Waals surface area contributed by atoms with Gasteiger partial charge in [-0.15, -0.1) is 0 Å². The number of fused-ring (bicyclic) bond motifs is 1. The largest absolute Gasteiger partial charge is 0.508 e. The third-order valence-corrected chi connectivity index (χ3v) is 3.05. The molecule has 0 bridgehead atoms. The van der Waals surface area contributed by atoms with Crippen LogP contribution in [-0.4, -0.2) is 29.3 Å². The molecule has 1 aromatic rings. The molecule has 0 spiro atoms. The maximum absolute atomic E-state index is 12.0. The number of carbonyl (C=O) groups is 1. The molecular formula is C14H19NO4. The summed E-state index contributed by atoms with van der Waals surface area (Å²) in [6, 6.07) is 4.05. The lowest BCUT2D eigenvalue weighted by atomic mass is 9.92. The van der Waals surface area contributed by atoms with E-state index in [9.17, 15) is 15.0 Å². The molecule has 3 N–H and O–H groups in total. The van der Waals surface area contributed by atoms with Crippen LogP contribution in [0.2, 0.25) is 0 Å². The molecule has 0 unspecified atom stereocenters. The Hall–Kier alpha value is -1.59. The molecule has 5 nitrogen and oxygen atoms in total. The third-order valence-electron chi connectivity index (χ3n) is 3.05. The maximum atomic E-state index is 12.0. The highest BCUT2D eigenvalue weighted by Crippen LogP contribution is 2.32. The Bertz CT molecular complexity index is 473. The predicted molar refractivity (Wildman–Crippen MR) is 69.6 cm³/mol. The van der Waals surface area contributed by atoms with Crippen LogP contribution in [0.4, 0.5) is 0 Å². The molecule has 1 aliphatic rings. The Labute approximate surface area is 112 Å². The number of aliphatic hydroxyl groups excluding tert-OH is 1. The number of esters is 1. The molecule has 0 saturated carbocycles. The van der Waals surface area contributed by atoms with Gasteiger partial charge in [0.2, 0.25) is 0 Å². The Kier molecular flexibility index (Phi) is 4.07. The molecule has 0 aliphatic carbocycles. The van der Waals surface area contributed by atoms with Crippen molar-refractivity contribution < 1.29 is 19.7 Å². The number of rotatable bonds is 3. The summed E-state index contributed by atoms with van der Waals surface area (Å²) in [5.41, 5.74) is 1.23. The summed E-state index contributed by atoms with van der Waals surface area (Å²) in [5.74, 6) is -0.000966. The highest BCUT2D eigenvalue weighted by atomic mass is 16.5.